The van der Waals surface area contributed by atoms with E-state index in [-0.39, 0.29) is 23.6 Å². The highest BCUT2D eigenvalue weighted by molar-refractivity contribution is 14.2. The third-order valence-corrected chi connectivity index (χ3v) is 8.84. The lowest BCUT2D eigenvalue weighted by molar-refractivity contribution is 0.00578. The summed E-state index contributed by atoms with van der Waals surface area (Å²) in [5.41, 5.74) is 1.46. The Labute approximate surface area is 203 Å². The zero-order valence-electron chi connectivity index (χ0n) is 18.5. The first kappa shape index (κ1) is 25.9. The summed E-state index contributed by atoms with van der Waals surface area (Å²) in [4.78, 5) is 0. The molecule has 1 atom stereocenters. The van der Waals surface area contributed by atoms with Gasteiger partial charge in [-0.15, -0.1) is 0 Å². The molecule has 0 bridgehead atoms. The van der Waals surface area contributed by atoms with Gasteiger partial charge in [-0.05, 0) is 90.1 Å². The molecule has 2 fully saturated rings. The maximum atomic E-state index is 6.76. The number of benzene rings is 1. The van der Waals surface area contributed by atoms with E-state index in [1.54, 1.807) is 0 Å². The number of fused-ring (bicyclic) bond motifs is 1. The van der Waals surface area contributed by atoms with Crippen molar-refractivity contribution in [2.24, 2.45) is 0 Å². The van der Waals surface area contributed by atoms with Crippen LogP contribution in [-0.2, 0) is 14.6 Å². The minimum atomic E-state index is -0.344. The van der Waals surface area contributed by atoms with Crippen LogP contribution in [0.3, 0.4) is 0 Å². The fraction of sp³-hybridized carbons (Fsp3) is 0.650. The highest BCUT2D eigenvalue weighted by atomic mass is 127. The predicted molar refractivity (Wildman–Crippen MR) is 140 cm³/mol. The van der Waals surface area contributed by atoms with Crippen LogP contribution in [0.25, 0.3) is 10.9 Å². The normalized spacial score (nSPS) is 21.0. The van der Waals surface area contributed by atoms with Crippen molar-refractivity contribution in [3.05, 3.63) is 27.3 Å². The molecule has 2 aromatic rings. The van der Waals surface area contributed by atoms with E-state index in [2.05, 4.69) is 70.8 Å². The largest absolute Gasteiger partial charge is 0.469 e. The molecule has 2 heterocycles. The first-order valence-electron chi connectivity index (χ1n) is 10.2. The van der Waals surface area contributed by atoms with Gasteiger partial charge >= 0.3 is 7.12 Å². The second-order valence-corrected chi connectivity index (χ2v) is 11.1. The first-order chi connectivity index (χ1) is 13.6. The molecule has 0 N–H and O–H groups in total. The molecule has 9 heteroatoms. The van der Waals surface area contributed by atoms with Crippen molar-refractivity contribution < 1.29 is 9.31 Å². The van der Waals surface area contributed by atoms with Crippen molar-refractivity contribution in [1.29, 1.82) is 0 Å². The number of hydrogen-bond donors (Lipinski definition) is 0. The van der Waals surface area contributed by atoms with Crippen LogP contribution in [0, 0.1) is 0 Å². The SMILES string of the molecule is CC.CC.CC1(C)OB(C2(c3c(Cl)cc4c(cnn4PI)c3Br)CC2)OC1(C)C. The van der Waals surface area contributed by atoms with E-state index in [0.717, 1.165) is 38.8 Å². The van der Waals surface area contributed by atoms with Gasteiger partial charge in [-0.1, -0.05) is 39.3 Å². The maximum absolute atomic E-state index is 6.76. The predicted octanol–water partition coefficient (Wildman–Crippen LogP) is 7.96. The van der Waals surface area contributed by atoms with E-state index >= 15 is 0 Å². The standard InChI is InChI=1S/C16H19BBrClIN2O2P.2C2H6/c1-14(2)15(3,4)24-17(23-14)16(5-6-16)12-10(19)7-11-9(13(12)18)8-21-22(11)25-20;2*1-2/h7-8,25H,5-6H2,1-4H3;2*1-2H3. The molecule has 1 aliphatic carbocycles. The van der Waals surface area contributed by atoms with Crippen molar-refractivity contribution in [3.63, 3.8) is 0 Å². The molecule has 162 valence electrons. The van der Waals surface area contributed by atoms with Gasteiger partial charge in [-0.2, -0.15) is 5.10 Å². The van der Waals surface area contributed by atoms with Gasteiger partial charge in [0.1, 0.15) is 0 Å². The van der Waals surface area contributed by atoms with Crippen molar-refractivity contribution in [2.75, 3.05) is 0 Å². The Morgan fingerprint density at radius 3 is 2.10 bits per heavy atom. The monoisotopic (exact) mass is 614 g/mol. The molecule has 1 unspecified atom stereocenters. The Bertz CT molecular complexity index is 858. The van der Waals surface area contributed by atoms with Gasteiger partial charge in [-0.25, -0.2) is 4.45 Å². The highest BCUT2D eigenvalue weighted by Crippen LogP contribution is 2.59. The summed E-state index contributed by atoms with van der Waals surface area (Å²) in [5.74, 6) is 0. The molecule has 1 aromatic carbocycles. The maximum Gasteiger partial charge on any atom is 0.469 e. The second-order valence-electron chi connectivity index (χ2n) is 7.87. The zero-order chi connectivity index (χ0) is 22.2. The second kappa shape index (κ2) is 9.62. The van der Waals surface area contributed by atoms with Crippen LogP contribution in [0.1, 0.15) is 73.8 Å². The van der Waals surface area contributed by atoms with Gasteiger partial charge in [0.15, 0.2) is 0 Å². The zero-order valence-corrected chi connectivity index (χ0v) is 24.0. The van der Waals surface area contributed by atoms with Gasteiger partial charge in [0.05, 0.1) is 29.3 Å². The minimum absolute atomic E-state index is 0.191. The average molecular weight is 616 g/mol. The van der Waals surface area contributed by atoms with Crippen LogP contribution < -0.4 is 0 Å². The fourth-order valence-electron chi connectivity index (χ4n) is 3.43. The molecule has 4 nitrogen and oxygen atoms in total. The van der Waals surface area contributed by atoms with Crippen molar-refractivity contribution >= 4 is 74.0 Å². The summed E-state index contributed by atoms with van der Waals surface area (Å²) in [6.07, 6.45) is 4.46. The van der Waals surface area contributed by atoms with Crippen LogP contribution in [0.2, 0.25) is 5.02 Å². The van der Waals surface area contributed by atoms with Gasteiger partial charge < -0.3 is 9.31 Å². The number of aromatic nitrogens is 2. The number of nitrogens with zero attached hydrogens (tertiary/aromatic N) is 2. The van der Waals surface area contributed by atoms with Crippen LogP contribution in [0.15, 0.2) is 16.7 Å². The molecule has 0 spiro atoms. The number of hydrogen-bond acceptors (Lipinski definition) is 3. The Morgan fingerprint density at radius 1 is 1.14 bits per heavy atom. The number of halogens is 3. The van der Waals surface area contributed by atoms with Gasteiger partial charge in [0.25, 0.3) is 0 Å². The molecule has 29 heavy (non-hydrogen) atoms. The Hall–Kier alpha value is 0.605. The van der Waals surface area contributed by atoms with Crippen LogP contribution in [-0.4, -0.2) is 27.9 Å². The summed E-state index contributed by atoms with van der Waals surface area (Å²) in [7, 11) is -0.287. The molecule has 0 radical (unpaired) electrons. The van der Waals surface area contributed by atoms with Gasteiger partial charge in [0.2, 0.25) is 0 Å². The topological polar surface area (TPSA) is 36.3 Å². The van der Waals surface area contributed by atoms with Crippen LogP contribution in [0.5, 0.6) is 0 Å². The molecule has 0 amide bonds. The van der Waals surface area contributed by atoms with Crippen molar-refractivity contribution in [2.45, 2.75) is 84.7 Å². The fourth-order valence-corrected chi connectivity index (χ4v) is 6.37. The third kappa shape index (κ3) is 4.43. The lowest BCUT2D eigenvalue weighted by atomic mass is 9.64. The number of rotatable bonds is 3. The quantitative estimate of drug-likeness (QED) is 0.200. The Morgan fingerprint density at radius 2 is 1.66 bits per heavy atom. The Balaban J connectivity index is 0.000000707. The van der Waals surface area contributed by atoms with E-state index < -0.39 is 0 Å². The molecule has 1 aromatic heterocycles. The van der Waals surface area contributed by atoms with Crippen LogP contribution in [0.4, 0.5) is 0 Å². The van der Waals surface area contributed by atoms with Crippen LogP contribution >= 0.6 is 55.9 Å². The Kier molecular flexibility index (Phi) is 8.58. The average Bonchev–Trinajstić information content (AvgIpc) is 3.31. The molecule has 1 aliphatic heterocycles. The van der Waals surface area contributed by atoms with E-state index in [9.17, 15) is 0 Å². The van der Waals surface area contributed by atoms with E-state index in [4.69, 9.17) is 20.9 Å². The van der Waals surface area contributed by atoms with Gasteiger partial charge in [-0.3, -0.25) is 0 Å². The van der Waals surface area contributed by atoms with E-state index in [1.165, 1.54) is 0 Å². The smallest absolute Gasteiger partial charge is 0.403 e. The molecule has 4 rings (SSSR count). The molecule has 1 saturated heterocycles. The lowest BCUT2D eigenvalue weighted by Gasteiger charge is -2.32. The minimum Gasteiger partial charge on any atom is -0.403 e. The third-order valence-electron chi connectivity index (χ3n) is 5.84. The lowest BCUT2D eigenvalue weighted by Crippen LogP contribution is -2.41. The summed E-state index contributed by atoms with van der Waals surface area (Å²) in [5, 5.41) is 6.12. The molecule has 1 saturated carbocycles. The first-order valence-corrected chi connectivity index (χ1v) is 15.4. The van der Waals surface area contributed by atoms with E-state index in [1.807, 2.05) is 44.4 Å². The van der Waals surface area contributed by atoms with Crippen molar-refractivity contribution in [3.8, 4) is 0 Å². The molecular formula is C20H31BBrClIN2O2P. The highest BCUT2D eigenvalue weighted by Gasteiger charge is 2.66. The summed E-state index contributed by atoms with van der Waals surface area (Å²) < 4.78 is 15.7. The van der Waals surface area contributed by atoms with Crippen molar-refractivity contribution in [1.82, 2.24) is 9.55 Å². The molecular weight excluding hydrogens is 584 g/mol. The molecule has 2 aliphatic rings. The summed E-state index contributed by atoms with van der Waals surface area (Å²) in [6.45, 7) is 16.4. The summed E-state index contributed by atoms with van der Waals surface area (Å²) >= 11 is 12.9. The van der Waals surface area contributed by atoms with E-state index in [0.29, 0.717) is 6.37 Å². The van der Waals surface area contributed by atoms with Gasteiger partial charge in [0, 0.05) is 20.2 Å². The summed E-state index contributed by atoms with van der Waals surface area (Å²) in [6, 6.07) is 2.03.